The van der Waals surface area contributed by atoms with Crippen molar-refractivity contribution >= 4 is 34.5 Å². The number of amides is 2. The molecule has 178 valence electrons. The average Bonchev–Trinajstić information content (AvgIpc) is 2.80. The van der Waals surface area contributed by atoms with Gasteiger partial charge in [0.15, 0.2) is 11.9 Å². The topological polar surface area (TPSA) is 218 Å². The average molecular weight is 456 g/mol. The third-order valence-corrected chi connectivity index (χ3v) is 5.17. The number of hydrogen-bond acceptors (Lipinski definition) is 6. The second kappa shape index (κ2) is 12.4. The van der Waals surface area contributed by atoms with Crippen LogP contribution in [0.3, 0.4) is 0 Å². The van der Waals surface area contributed by atoms with Gasteiger partial charge in [-0.15, -0.1) is 0 Å². The van der Waals surface area contributed by atoms with Crippen molar-refractivity contribution in [2.24, 2.45) is 44.4 Å². The molecule has 2 aromatic carbocycles. The monoisotopic (exact) mass is 455 g/mol. The summed E-state index contributed by atoms with van der Waals surface area (Å²) in [5.41, 5.74) is 32.4. The second-order valence-electron chi connectivity index (χ2n) is 7.64. The molecule has 0 saturated carbocycles. The van der Waals surface area contributed by atoms with Gasteiger partial charge in [0.2, 0.25) is 11.8 Å². The molecule has 1 heterocycles. The van der Waals surface area contributed by atoms with Crippen LogP contribution in [0.5, 0.6) is 0 Å². The first-order valence-corrected chi connectivity index (χ1v) is 10.6. The molecule has 2 amide bonds. The van der Waals surface area contributed by atoms with Gasteiger partial charge in [-0.2, -0.15) is 0 Å². The molecule has 1 saturated heterocycles. The van der Waals surface area contributed by atoms with Crippen LogP contribution < -0.4 is 34.4 Å². The fourth-order valence-corrected chi connectivity index (χ4v) is 3.43. The van der Waals surface area contributed by atoms with Crippen LogP contribution >= 0.6 is 0 Å². The lowest BCUT2D eigenvalue weighted by molar-refractivity contribution is -0.161. The van der Waals surface area contributed by atoms with Crippen LogP contribution in [0.1, 0.15) is 19.3 Å². The molecule has 1 fully saturated rings. The lowest BCUT2D eigenvalue weighted by Crippen LogP contribution is -2.72. The van der Waals surface area contributed by atoms with Crippen LogP contribution in [0.25, 0.3) is 10.8 Å². The van der Waals surface area contributed by atoms with Crippen molar-refractivity contribution in [3.8, 4) is 0 Å². The largest absolute Gasteiger partial charge is 0.370 e. The van der Waals surface area contributed by atoms with Gasteiger partial charge in [-0.05, 0) is 30.0 Å². The zero-order valence-electron chi connectivity index (χ0n) is 18.5. The van der Waals surface area contributed by atoms with Gasteiger partial charge >= 0.3 is 0 Å². The van der Waals surface area contributed by atoms with E-state index in [4.69, 9.17) is 34.4 Å². The number of nitrogens with zero attached hydrogens (tertiary/aromatic N) is 3. The minimum atomic E-state index is -0.814. The predicted octanol–water partition coefficient (Wildman–Crippen LogP) is -1.06. The summed E-state index contributed by atoms with van der Waals surface area (Å²) in [6, 6.07) is 14.7. The highest BCUT2D eigenvalue weighted by Crippen LogP contribution is 2.23. The highest BCUT2D eigenvalue weighted by molar-refractivity contribution is 6.05. The van der Waals surface area contributed by atoms with Crippen molar-refractivity contribution in [1.29, 1.82) is 0 Å². The van der Waals surface area contributed by atoms with Crippen molar-refractivity contribution < 1.29 is 9.59 Å². The van der Waals surface area contributed by atoms with E-state index in [2.05, 4.69) is 58.5 Å². The fourth-order valence-electron chi connectivity index (χ4n) is 3.43. The number of likely N-dealkylation sites (tertiary alicyclic amines) is 1. The van der Waals surface area contributed by atoms with E-state index in [1.807, 2.05) is 0 Å². The molecule has 0 radical (unpaired) electrons. The highest BCUT2D eigenvalue weighted by Gasteiger charge is 2.48. The van der Waals surface area contributed by atoms with Crippen LogP contribution in [0.15, 0.2) is 58.5 Å². The molecule has 1 aliphatic heterocycles. The van der Waals surface area contributed by atoms with Crippen LogP contribution in [0, 0.1) is 0 Å². The molecule has 12 N–H and O–H groups in total. The first-order valence-electron chi connectivity index (χ1n) is 10.6. The van der Waals surface area contributed by atoms with Gasteiger partial charge in [-0.25, -0.2) is 0 Å². The summed E-state index contributed by atoms with van der Waals surface area (Å²) < 4.78 is 0. The maximum absolute atomic E-state index is 12.3. The third-order valence-electron chi connectivity index (χ3n) is 5.17. The number of rotatable bonds is 8. The van der Waals surface area contributed by atoms with Gasteiger partial charge in [0.1, 0.15) is 6.04 Å². The van der Waals surface area contributed by atoms with Crippen LogP contribution in [-0.4, -0.2) is 59.8 Å². The number of imide groups is 1. The number of benzene rings is 2. The Morgan fingerprint density at radius 3 is 1.88 bits per heavy atom. The summed E-state index contributed by atoms with van der Waals surface area (Å²) in [7, 11) is 0. The summed E-state index contributed by atoms with van der Waals surface area (Å²) in [5.74, 6) is -0.979. The van der Waals surface area contributed by atoms with Crippen molar-refractivity contribution in [2.75, 3.05) is 13.1 Å². The molecular weight excluding hydrogens is 422 g/mol. The van der Waals surface area contributed by atoms with Gasteiger partial charge in [-0.1, -0.05) is 48.5 Å². The van der Waals surface area contributed by atoms with E-state index in [-0.39, 0.29) is 18.5 Å². The Morgan fingerprint density at radius 2 is 1.39 bits per heavy atom. The zero-order valence-corrected chi connectivity index (χ0v) is 18.5. The van der Waals surface area contributed by atoms with Crippen LogP contribution in [-0.2, 0) is 9.59 Å². The number of carbonyl (C=O) groups excluding carboxylic acids is 2. The number of fused-ring (bicyclic) bond motifs is 1. The van der Waals surface area contributed by atoms with Crippen LogP contribution in [0.2, 0.25) is 0 Å². The molecule has 3 unspecified atom stereocenters. The van der Waals surface area contributed by atoms with Gasteiger partial charge in [0.25, 0.3) is 0 Å². The highest BCUT2D eigenvalue weighted by atomic mass is 16.2. The maximum atomic E-state index is 12.3. The smallest absolute Gasteiger partial charge is 0.248 e. The Morgan fingerprint density at radius 1 is 0.909 bits per heavy atom. The Hall–Kier alpha value is -3.70. The number of aliphatic imine (C=N–C) groups is 2. The van der Waals surface area contributed by atoms with Crippen molar-refractivity contribution in [3.63, 3.8) is 0 Å². The Balaban J connectivity index is 0.000000315. The Labute approximate surface area is 192 Å². The minimum Gasteiger partial charge on any atom is -0.370 e. The SMILES string of the molecule is NC(N)=NCCCC(N)C(=O)N1C(=O)C(N)C1CCN=C(N)N.c1ccc2ccccc2c1. The number of guanidine groups is 2. The minimum absolute atomic E-state index is 0.0198. The molecule has 0 aliphatic carbocycles. The fraction of sp³-hybridized carbons (Fsp3) is 0.364. The van der Waals surface area contributed by atoms with E-state index in [9.17, 15) is 9.59 Å². The van der Waals surface area contributed by atoms with Crippen molar-refractivity contribution in [1.82, 2.24) is 4.90 Å². The van der Waals surface area contributed by atoms with E-state index < -0.39 is 29.9 Å². The van der Waals surface area contributed by atoms with Gasteiger partial charge in [0, 0.05) is 13.1 Å². The predicted molar refractivity (Wildman–Crippen MR) is 131 cm³/mol. The van der Waals surface area contributed by atoms with Crippen molar-refractivity contribution in [2.45, 2.75) is 37.4 Å². The number of β-lactam (4-membered cyclic amide) rings is 1. The molecule has 11 nitrogen and oxygen atoms in total. The lowest BCUT2D eigenvalue weighted by Gasteiger charge is -2.44. The van der Waals surface area contributed by atoms with Gasteiger partial charge in [0.05, 0.1) is 12.1 Å². The Kier molecular flexibility index (Phi) is 9.58. The Bertz CT molecular complexity index is 935. The standard InChI is InChI=1S/C12H25N9O2.C10H8/c13-6(2-1-4-19-11(15)16)9(22)21-7(8(14)10(21)23)3-5-20-12(17)18;1-2-6-10-8-4-3-7-9(10)5-1/h6-8H,1-5,13-14H2,(H4,15,16,19)(H4,17,18,20);1-8H. The van der Waals surface area contributed by atoms with Gasteiger partial charge in [-0.3, -0.25) is 24.5 Å². The summed E-state index contributed by atoms with van der Waals surface area (Å²) in [6.45, 7) is 0.641. The molecule has 0 aromatic heterocycles. The van der Waals surface area contributed by atoms with E-state index >= 15 is 0 Å². The quantitative estimate of drug-likeness (QED) is 0.124. The number of carbonyl (C=O) groups is 2. The number of hydrogen-bond donors (Lipinski definition) is 6. The summed E-state index contributed by atoms with van der Waals surface area (Å²) in [6.07, 6.45) is 1.27. The van der Waals surface area contributed by atoms with E-state index in [1.165, 1.54) is 10.8 Å². The van der Waals surface area contributed by atoms with E-state index in [0.717, 1.165) is 4.90 Å². The normalized spacial score (nSPS) is 17.9. The lowest BCUT2D eigenvalue weighted by atomic mass is 9.91. The van der Waals surface area contributed by atoms with E-state index in [0.29, 0.717) is 25.8 Å². The maximum Gasteiger partial charge on any atom is 0.248 e. The zero-order chi connectivity index (χ0) is 24.4. The van der Waals surface area contributed by atoms with Crippen molar-refractivity contribution in [3.05, 3.63) is 48.5 Å². The molecule has 3 rings (SSSR count). The molecule has 3 atom stereocenters. The van der Waals surface area contributed by atoms with Gasteiger partial charge < -0.3 is 34.4 Å². The van der Waals surface area contributed by atoms with Crippen LogP contribution in [0.4, 0.5) is 0 Å². The summed E-state index contributed by atoms with van der Waals surface area (Å²) in [4.78, 5) is 32.8. The molecule has 0 bridgehead atoms. The second-order valence-corrected chi connectivity index (χ2v) is 7.64. The van der Waals surface area contributed by atoms with E-state index in [1.54, 1.807) is 0 Å². The summed E-state index contributed by atoms with van der Waals surface area (Å²) >= 11 is 0. The molecule has 33 heavy (non-hydrogen) atoms. The molecule has 1 aliphatic rings. The third kappa shape index (κ3) is 7.44. The first-order chi connectivity index (χ1) is 15.7. The molecule has 11 heteroatoms. The first kappa shape index (κ1) is 25.6. The molecule has 0 spiro atoms. The molecular formula is C22H33N9O2. The molecule has 2 aromatic rings. The number of nitrogens with two attached hydrogens (primary N) is 6. The summed E-state index contributed by atoms with van der Waals surface area (Å²) in [5, 5.41) is 2.62.